The molecule has 3 aromatic rings. The van der Waals surface area contributed by atoms with Crippen LogP contribution in [0.2, 0.25) is 0 Å². The standard InChI is InChI=1S/C18H17FN4OS2/c1-12(13-6-3-2-4-7-13)20-16(24)11-25-18-23-22-17(26-18)21-15-9-5-8-14(19)10-15/h2-10,12H,11H2,1H3,(H,20,24)(H,21,22)/t12-/m1/s1. The van der Waals surface area contributed by atoms with E-state index in [0.29, 0.717) is 15.2 Å². The third-order valence-corrected chi connectivity index (χ3v) is 5.46. The van der Waals surface area contributed by atoms with Crippen LogP contribution < -0.4 is 10.6 Å². The summed E-state index contributed by atoms with van der Waals surface area (Å²) in [6, 6.07) is 15.9. The van der Waals surface area contributed by atoms with E-state index in [1.807, 2.05) is 37.3 Å². The van der Waals surface area contributed by atoms with Crippen molar-refractivity contribution in [3.8, 4) is 0 Å². The minimum absolute atomic E-state index is 0.0519. The Labute approximate surface area is 159 Å². The first-order valence-electron chi connectivity index (χ1n) is 7.93. The first-order valence-corrected chi connectivity index (χ1v) is 9.73. The van der Waals surface area contributed by atoms with E-state index < -0.39 is 0 Å². The fraction of sp³-hybridized carbons (Fsp3) is 0.167. The number of nitrogens with zero attached hydrogens (tertiary/aromatic N) is 2. The van der Waals surface area contributed by atoms with Crippen molar-refractivity contribution in [3.05, 3.63) is 66.0 Å². The van der Waals surface area contributed by atoms with Gasteiger partial charge in [-0.1, -0.05) is 59.5 Å². The van der Waals surface area contributed by atoms with E-state index in [0.717, 1.165) is 5.56 Å². The van der Waals surface area contributed by atoms with Gasteiger partial charge in [0.15, 0.2) is 4.34 Å². The quantitative estimate of drug-likeness (QED) is 0.588. The maximum atomic E-state index is 13.2. The average Bonchev–Trinajstić information content (AvgIpc) is 3.08. The number of carbonyl (C=O) groups excluding carboxylic acids is 1. The summed E-state index contributed by atoms with van der Waals surface area (Å²) in [6.45, 7) is 1.95. The predicted molar refractivity (Wildman–Crippen MR) is 103 cm³/mol. The molecule has 0 saturated carbocycles. The molecule has 0 radical (unpaired) electrons. The van der Waals surface area contributed by atoms with Gasteiger partial charge in [-0.25, -0.2) is 4.39 Å². The van der Waals surface area contributed by atoms with Gasteiger partial charge in [0.05, 0.1) is 11.8 Å². The number of carbonyl (C=O) groups is 1. The van der Waals surface area contributed by atoms with Crippen molar-refractivity contribution < 1.29 is 9.18 Å². The van der Waals surface area contributed by atoms with Gasteiger partial charge in [0.1, 0.15) is 5.82 Å². The molecule has 0 saturated heterocycles. The number of hydrogen-bond acceptors (Lipinski definition) is 6. The van der Waals surface area contributed by atoms with E-state index in [2.05, 4.69) is 20.8 Å². The van der Waals surface area contributed by atoms with Gasteiger partial charge in [-0.05, 0) is 30.7 Å². The van der Waals surface area contributed by atoms with Crippen LogP contribution in [-0.2, 0) is 4.79 Å². The lowest BCUT2D eigenvalue weighted by atomic mass is 10.1. The maximum Gasteiger partial charge on any atom is 0.230 e. The van der Waals surface area contributed by atoms with Crippen molar-refractivity contribution in [2.75, 3.05) is 11.1 Å². The average molecular weight is 388 g/mol. The molecule has 2 N–H and O–H groups in total. The van der Waals surface area contributed by atoms with Crippen LogP contribution in [-0.4, -0.2) is 21.9 Å². The minimum atomic E-state index is -0.321. The highest BCUT2D eigenvalue weighted by Gasteiger charge is 2.12. The Bertz CT molecular complexity index is 872. The highest BCUT2D eigenvalue weighted by Crippen LogP contribution is 2.27. The molecule has 0 unspecified atom stereocenters. The van der Waals surface area contributed by atoms with E-state index >= 15 is 0 Å². The highest BCUT2D eigenvalue weighted by atomic mass is 32.2. The topological polar surface area (TPSA) is 66.9 Å². The Morgan fingerprint density at radius 2 is 2.00 bits per heavy atom. The van der Waals surface area contributed by atoms with Gasteiger partial charge >= 0.3 is 0 Å². The molecule has 0 fully saturated rings. The smallest absolute Gasteiger partial charge is 0.230 e. The summed E-state index contributed by atoms with van der Waals surface area (Å²) in [6.07, 6.45) is 0. The number of aromatic nitrogens is 2. The molecule has 5 nitrogen and oxygen atoms in total. The van der Waals surface area contributed by atoms with Gasteiger partial charge < -0.3 is 10.6 Å². The lowest BCUT2D eigenvalue weighted by Gasteiger charge is -2.13. The molecule has 0 bridgehead atoms. The zero-order valence-electron chi connectivity index (χ0n) is 14.0. The number of amides is 1. The van der Waals surface area contributed by atoms with Crippen LogP contribution in [0.5, 0.6) is 0 Å². The molecule has 8 heteroatoms. The monoisotopic (exact) mass is 388 g/mol. The summed E-state index contributed by atoms with van der Waals surface area (Å²) < 4.78 is 13.9. The van der Waals surface area contributed by atoms with Crippen LogP contribution in [0.25, 0.3) is 0 Å². The van der Waals surface area contributed by atoms with Crippen LogP contribution in [0.3, 0.4) is 0 Å². The van der Waals surface area contributed by atoms with E-state index in [9.17, 15) is 9.18 Å². The van der Waals surface area contributed by atoms with Crippen molar-refractivity contribution in [1.29, 1.82) is 0 Å². The summed E-state index contributed by atoms with van der Waals surface area (Å²) in [4.78, 5) is 12.1. The molecule has 26 heavy (non-hydrogen) atoms. The van der Waals surface area contributed by atoms with Gasteiger partial charge in [-0.15, -0.1) is 10.2 Å². The molecule has 1 atom stereocenters. The Hall–Kier alpha value is -2.45. The molecule has 134 valence electrons. The number of nitrogens with one attached hydrogen (secondary N) is 2. The number of anilines is 2. The third kappa shape index (κ3) is 5.27. The van der Waals surface area contributed by atoms with Crippen molar-refractivity contribution in [2.45, 2.75) is 17.3 Å². The second-order valence-corrected chi connectivity index (χ2v) is 7.70. The zero-order valence-corrected chi connectivity index (χ0v) is 15.6. The van der Waals surface area contributed by atoms with Gasteiger partial charge in [0.2, 0.25) is 11.0 Å². The van der Waals surface area contributed by atoms with E-state index in [1.54, 1.807) is 12.1 Å². The van der Waals surface area contributed by atoms with E-state index in [-0.39, 0.29) is 23.5 Å². The first-order chi connectivity index (χ1) is 12.6. The molecule has 1 aromatic heterocycles. The Kier molecular flexibility index (Phi) is 6.19. The van der Waals surface area contributed by atoms with E-state index in [1.165, 1.54) is 35.2 Å². The fourth-order valence-electron chi connectivity index (χ4n) is 2.24. The molecule has 0 spiro atoms. The van der Waals surface area contributed by atoms with Crippen molar-refractivity contribution in [1.82, 2.24) is 15.5 Å². The van der Waals surface area contributed by atoms with Crippen LogP contribution >= 0.6 is 23.1 Å². The number of benzene rings is 2. The molecule has 3 rings (SSSR count). The Morgan fingerprint density at radius 1 is 1.19 bits per heavy atom. The van der Waals surface area contributed by atoms with Crippen molar-refractivity contribution in [2.24, 2.45) is 0 Å². The number of halogens is 1. The predicted octanol–water partition coefficient (Wildman–Crippen LogP) is 4.39. The minimum Gasteiger partial charge on any atom is -0.349 e. The third-order valence-electron chi connectivity index (χ3n) is 3.49. The van der Waals surface area contributed by atoms with Crippen LogP contribution in [0, 0.1) is 5.82 Å². The molecule has 0 aliphatic heterocycles. The highest BCUT2D eigenvalue weighted by molar-refractivity contribution is 8.01. The van der Waals surface area contributed by atoms with Crippen molar-refractivity contribution in [3.63, 3.8) is 0 Å². The van der Waals surface area contributed by atoms with Gasteiger partial charge in [-0.3, -0.25) is 4.79 Å². The number of thioether (sulfide) groups is 1. The summed E-state index contributed by atoms with van der Waals surface area (Å²) in [5.41, 5.74) is 1.66. The summed E-state index contributed by atoms with van der Waals surface area (Å²) in [5.74, 6) is -0.134. The van der Waals surface area contributed by atoms with E-state index in [4.69, 9.17) is 0 Å². The molecule has 1 heterocycles. The van der Waals surface area contributed by atoms with Crippen molar-refractivity contribution >= 4 is 39.8 Å². The molecular weight excluding hydrogens is 371 g/mol. The molecule has 2 aromatic carbocycles. The zero-order chi connectivity index (χ0) is 18.4. The summed E-state index contributed by atoms with van der Waals surface area (Å²) in [7, 11) is 0. The van der Waals surface area contributed by atoms with Gasteiger partial charge in [0, 0.05) is 5.69 Å². The Morgan fingerprint density at radius 3 is 2.77 bits per heavy atom. The lowest BCUT2D eigenvalue weighted by Crippen LogP contribution is -2.28. The first kappa shape index (κ1) is 18.3. The molecule has 1 amide bonds. The second kappa shape index (κ2) is 8.77. The van der Waals surface area contributed by atoms with Crippen LogP contribution in [0.1, 0.15) is 18.5 Å². The Balaban J connectivity index is 1.49. The van der Waals surface area contributed by atoms with Crippen LogP contribution in [0.15, 0.2) is 58.9 Å². The number of hydrogen-bond donors (Lipinski definition) is 2. The SMILES string of the molecule is C[C@@H](NC(=O)CSc1nnc(Nc2cccc(F)c2)s1)c1ccccc1. The normalized spacial score (nSPS) is 11.8. The number of rotatable bonds is 7. The summed E-state index contributed by atoms with van der Waals surface area (Å²) in [5, 5.41) is 14.6. The van der Waals surface area contributed by atoms with Gasteiger partial charge in [0.25, 0.3) is 0 Å². The molecular formula is C18H17FN4OS2. The fourth-order valence-corrected chi connectivity index (χ4v) is 3.83. The van der Waals surface area contributed by atoms with Gasteiger partial charge in [-0.2, -0.15) is 0 Å². The molecule has 0 aliphatic carbocycles. The largest absolute Gasteiger partial charge is 0.349 e. The second-order valence-electron chi connectivity index (χ2n) is 5.50. The van der Waals surface area contributed by atoms with Crippen LogP contribution in [0.4, 0.5) is 15.2 Å². The maximum absolute atomic E-state index is 13.2. The lowest BCUT2D eigenvalue weighted by molar-refractivity contribution is -0.119. The summed E-state index contributed by atoms with van der Waals surface area (Å²) >= 11 is 2.64. The molecule has 0 aliphatic rings.